The molecule has 2 aromatic carbocycles. The molecule has 2 amide bonds. The van der Waals surface area contributed by atoms with Crippen molar-refractivity contribution < 1.29 is 13.9 Å². The predicted molar refractivity (Wildman–Crippen MR) is 87.9 cm³/mol. The Balaban J connectivity index is 1.80. The third kappa shape index (κ3) is 5.36. The summed E-state index contributed by atoms with van der Waals surface area (Å²) in [6.07, 6.45) is 0. The first-order valence-electron chi connectivity index (χ1n) is 7.20. The van der Waals surface area contributed by atoms with E-state index in [1.807, 2.05) is 6.92 Å². The molecule has 0 saturated heterocycles. The molecule has 0 unspecified atom stereocenters. The number of urea groups is 1. The number of ether oxygens (including phenoxy) is 1. The Kier molecular flexibility index (Phi) is 6.01. The lowest BCUT2D eigenvalue weighted by atomic mass is 10.2. The average molecular weight is 312 g/mol. The SMILES string of the molecule is CCOc1ccc(NC(=O)NCC#Cc2ccccc2F)cc1. The minimum Gasteiger partial charge on any atom is -0.494 e. The van der Waals surface area contributed by atoms with Gasteiger partial charge in [0.15, 0.2) is 0 Å². The molecule has 0 aliphatic heterocycles. The zero-order valence-corrected chi connectivity index (χ0v) is 12.7. The number of carbonyl (C=O) groups excluding carboxylic acids is 1. The van der Waals surface area contributed by atoms with Gasteiger partial charge >= 0.3 is 6.03 Å². The number of amides is 2. The molecule has 2 N–H and O–H groups in total. The van der Waals surface area contributed by atoms with Crippen LogP contribution in [-0.2, 0) is 0 Å². The normalized spacial score (nSPS) is 9.48. The predicted octanol–water partition coefficient (Wildman–Crippen LogP) is 3.40. The van der Waals surface area contributed by atoms with Crippen molar-refractivity contribution >= 4 is 11.7 Å². The van der Waals surface area contributed by atoms with Crippen LogP contribution in [0.5, 0.6) is 5.75 Å². The fourth-order valence-corrected chi connectivity index (χ4v) is 1.80. The molecule has 0 atom stereocenters. The molecule has 2 rings (SSSR count). The Morgan fingerprint density at radius 1 is 1.17 bits per heavy atom. The second-order valence-electron chi connectivity index (χ2n) is 4.55. The molecule has 0 aromatic heterocycles. The van der Waals surface area contributed by atoms with Crippen LogP contribution in [0.3, 0.4) is 0 Å². The van der Waals surface area contributed by atoms with Gasteiger partial charge in [-0.25, -0.2) is 9.18 Å². The summed E-state index contributed by atoms with van der Waals surface area (Å²) in [4.78, 5) is 11.7. The number of carbonyl (C=O) groups is 1. The lowest BCUT2D eigenvalue weighted by Crippen LogP contribution is -2.28. The number of benzene rings is 2. The first-order valence-corrected chi connectivity index (χ1v) is 7.20. The summed E-state index contributed by atoms with van der Waals surface area (Å²) in [6, 6.07) is 12.9. The molecular weight excluding hydrogens is 295 g/mol. The van der Waals surface area contributed by atoms with Gasteiger partial charge in [0.1, 0.15) is 11.6 Å². The van der Waals surface area contributed by atoms with Crippen LogP contribution in [0.25, 0.3) is 0 Å². The molecule has 0 heterocycles. The van der Waals surface area contributed by atoms with E-state index in [1.165, 1.54) is 6.07 Å². The van der Waals surface area contributed by atoms with Crippen molar-refractivity contribution in [1.82, 2.24) is 5.32 Å². The van der Waals surface area contributed by atoms with Crippen LogP contribution >= 0.6 is 0 Å². The van der Waals surface area contributed by atoms with E-state index in [2.05, 4.69) is 22.5 Å². The molecule has 0 aliphatic rings. The van der Waals surface area contributed by atoms with Crippen LogP contribution in [0.15, 0.2) is 48.5 Å². The Hall–Kier alpha value is -3.00. The van der Waals surface area contributed by atoms with E-state index < -0.39 is 0 Å². The first kappa shape index (κ1) is 16.4. The van der Waals surface area contributed by atoms with Crippen molar-refractivity contribution in [2.45, 2.75) is 6.92 Å². The zero-order valence-electron chi connectivity index (χ0n) is 12.7. The second kappa shape index (κ2) is 8.44. The summed E-state index contributed by atoms with van der Waals surface area (Å²) in [5.41, 5.74) is 0.953. The highest BCUT2D eigenvalue weighted by molar-refractivity contribution is 5.89. The number of hydrogen-bond donors (Lipinski definition) is 2. The van der Waals surface area contributed by atoms with E-state index in [-0.39, 0.29) is 18.4 Å². The summed E-state index contributed by atoms with van der Waals surface area (Å²) in [5, 5.41) is 5.26. The van der Waals surface area contributed by atoms with E-state index >= 15 is 0 Å². The Labute approximate surface area is 134 Å². The smallest absolute Gasteiger partial charge is 0.319 e. The fraction of sp³-hybridized carbons (Fsp3) is 0.167. The minimum absolute atomic E-state index is 0.122. The molecule has 2 aromatic rings. The Morgan fingerprint density at radius 3 is 2.61 bits per heavy atom. The monoisotopic (exact) mass is 312 g/mol. The molecule has 0 aliphatic carbocycles. The standard InChI is InChI=1S/C18H17FN2O2/c1-2-23-16-11-9-15(10-12-16)21-18(22)20-13-5-7-14-6-3-4-8-17(14)19/h3-4,6,8-12H,2,13H2,1H3,(H2,20,21,22). The largest absolute Gasteiger partial charge is 0.494 e. The zero-order chi connectivity index (χ0) is 16.5. The molecule has 4 nitrogen and oxygen atoms in total. The summed E-state index contributed by atoms with van der Waals surface area (Å²) in [7, 11) is 0. The number of rotatable bonds is 4. The van der Waals surface area contributed by atoms with Crippen molar-refractivity contribution in [1.29, 1.82) is 0 Å². The number of nitrogens with one attached hydrogen (secondary N) is 2. The molecule has 118 valence electrons. The van der Waals surface area contributed by atoms with Gasteiger partial charge in [-0.15, -0.1) is 0 Å². The highest BCUT2D eigenvalue weighted by atomic mass is 19.1. The maximum absolute atomic E-state index is 13.3. The molecule has 0 saturated carbocycles. The second-order valence-corrected chi connectivity index (χ2v) is 4.55. The summed E-state index contributed by atoms with van der Waals surface area (Å²) < 4.78 is 18.7. The van der Waals surface area contributed by atoms with Crippen molar-refractivity contribution in [3.05, 3.63) is 59.9 Å². The first-order chi connectivity index (χ1) is 11.2. The van der Waals surface area contributed by atoms with Gasteiger partial charge in [-0.3, -0.25) is 0 Å². The van der Waals surface area contributed by atoms with Gasteiger partial charge in [0.05, 0.1) is 18.7 Å². The molecule has 0 bridgehead atoms. The van der Waals surface area contributed by atoms with E-state index in [4.69, 9.17) is 4.74 Å². The average Bonchev–Trinajstić information content (AvgIpc) is 2.55. The maximum atomic E-state index is 13.3. The highest BCUT2D eigenvalue weighted by Gasteiger charge is 2.00. The van der Waals surface area contributed by atoms with Crippen LogP contribution in [-0.4, -0.2) is 19.2 Å². The van der Waals surface area contributed by atoms with Crippen molar-refractivity contribution in [2.75, 3.05) is 18.5 Å². The van der Waals surface area contributed by atoms with Crippen LogP contribution < -0.4 is 15.4 Å². The van der Waals surface area contributed by atoms with Crippen molar-refractivity contribution in [3.8, 4) is 17.6 Å². The number of hydrogen-bond acceptors (Lipinski definition) is 2. The van der Waals surface area contributed by atoms with Crippen molar-refractivity contribution in [2.24, 2.45) is 0 Å². The van der Waals surface area contributed by atoms with Crippen molar-refractivity contribution in [3.63, 3.8) is 0 Å². The third-order valence-corrected chi connectivity index (χ3v) is 2.86. The van der Waals surface area contributed by atoms with E-state index in [1.54, 1.807) is 42.5 Å². The number of halogens is 1. The molecule has 23 heavy (non-hydrogen) atoms. The quantitative estimate of drug-likeness (QED) is 0.850. The van der Waals surface area contributed by atoms with Gasteiger partial charge in [-0.2, -0.15) is 0 Å². The lowest BCUT2D eigenvalue weighted by Gasteiger charge is -2.07. The van der Waals surface area contributed by atoms with E-state index in [9.17, 15) is 9.18 Å². The Bertz CT molecular complexity index is 718. The van der Waals surface area contributed by atoms with Gasteiger partial charge in [0, 0.05) is 5.69 Å². The van der Waals surface area contributed by atoms with Crippen LogP contribution in [0, 0.1) is 17.7 Å². The van der Waals surface area contributed by atoms with E-state index in [0.29, 0.717) is 17.9 Å². The molecule has 0 spiro atoms. The summed E-state index contributed by atoms with van der Waals surface area (Å²) in [6.45, 7) is 2.62. The van der Waals surface area contributed by atoms with Gasteiger partial charge in [0.25, 0.3) is 0 Å². The van der Waals surface area contributed by atoms with Gasteiger partial charge in [-0.05, 0) is 43.3 Å². The Morgan fingerprint density at radius 2 is 1.91 bits per heavy atom. The van der Waals surface area contributed by atoms with Gasteiger partial charge in [-0.1, -0.05) is 24.0 Å². The van der Waals surface area contributed by atoms with Crippen LogP contribution in [0.1, 0.15) is 12.5 Å². The molecule has 0 radical (unpaired) electrons. The summed E-state index contributed by atoms with van der Waals surface area (Å²) >= 11 is 0. The lowest BCUT2D eigenvalue weighted by molar-refractivity contribution is 0.253. The molecule has 5 heteroatoms. The highest BCUT2D eigenvalue weighted by Crippen LogP contribution is 2.15. The minimum atomic E-state index is -0.378. The van der Waals surface area contributed by atoms with Gasteiger partial charge < -0.3 is 15.4 Å². The van der Waals surface area contributed by atoms with E-state index in [0.717, 1.165) is 5.75 Å². The summed E-state index contributed by atoms with van der Waals surface area (Å²) in [5.74, 6) is 5.74. The van der Waals surface area contributed by atoms with Crippen LogP contribution in [0.4, 0.5) is 14.9 Å². The maximum Gasteiger partial charge on any atom is 0.319 e. The third-order valence-electron chi connectivity index (χ3n) is 2.86. The van der Waals surface area contributed by atoms with Crippen LogP contribution in [0.2, 0.25) is 0 Å². The molecule has 0 fully saturated rings. The fourth-order valence-electron chi connectivity index (χ4n) is 1.80. The topological polar surface area (TPSA) is 50.4 Å². The molecular formula is C18H17FN2O2. The number of anilines is 1. The van der Waals surface area contributed by atoms with Gasteiger partial charge in [0.2, 0.25) is 0 Å².